The lowest BCUT2D eigenvalue weighted by Gasteiger charge is -2.36. The van der Waals surface area contributed by atoms with Gasteiger partial charge < -0.3 is 14.5 Å². The molecule has 9 heteroatoms. The minimum absolute atomic E-state index is 0.000582. The second-order valence-electron chi connectivity index (χ2n) is 8.69. The molecule has 1 aromatic carbocycles. The molecule has 0 bridgehead atoms. The highest BCUT2D eigenvalue weighted by atomic mass is 35.5. The summed E-state index contributed by atoms with van der Waals surface area (Å²) in [5.41, 5.74) is 1.89. The van der Waals surface area contributed by atoms with Crippen LogP contribution < -0.4 is 0 Å². The second kappa shape index (κ2) is 9.44. The first-order chi connectivity index (χ1) is 16.0. The van der Waals surface area contributed by atoms with E-state index in [9.17, 15) is 9.59 Å². The average Bonchev–Trinajstić information content (AvgIpc) is 3.41. The summed E-state index contributed by atoms with van der Waals surface area (Å²) >= 11 is 7.81. The van der Waals surface area contributed by atoms with Gasteiger partial charge in [-0.25, -0.2) is 0 Å². The number of thiophene rings is 1. The van der Waals surface area contributed by atoms with Crippen LogP contribution in [0.15, 0.2) is 30.3 Å². The number of nitrogens with zero attached hydrogens (tertiary/aromatic N) is 4. The molecule has 2 aromatic heterocycles. The van der Waals surface area contributed by atoms with Crippen molar-refractivity contribution in [3.8, 4) is 0 Å². The monoisotopic (exact) mass is 486 g/mol. The second-order valence-corrected chi connectivity index (χ2v) is 10.1. The van der Waals surface area contributed by atoms with E-state index in [1.54, 1.807) is 0 Å². The summed E-state index contributed by atoms with van der Waals surface area (Å²) in [7, 11) is 0. The van der Waals surface area contributed by atoms with Crippen LogP contribution in [-0.4, -0.2) is 70.8 Å². The van der Waals surface area contributed by atoms with Gasteiger partial charge in [0.2, 0.25) is 5.91 Å². The van der Waals surface area contributed by atoms with E-state index in [4.69, 9.17) is 16.3 Å². The summed E-state index contributed by atoms with van der Waals surface area (Å²) in [6.45, 7) is 6.14. The third kappa shape index (κ3) is 4.52. The van der Waals surface area contributed by atoms with E-state index in [1.807, 2.05) is 51.7 Å². The lowest BCUT2D eigenvalue weighted by molar-refractivity contribution is -0.141. The van der Waals surface area contributed by atoms with E-state index in [1.165, 1.54) is 11.3 Å². The third-order valence-electron chi connectivity index (χ3n) is 6.48. The fraction of sp³-hybridized carbons (Fsp3) is 0.458. The van der Waals surface area contributed by atoms with Gasteiger partial charge in [-0.15, -0.1) is 11.3 Å². The largest absolute Gasteiger partial charge is 0.378 e. The summed E-state index contributed by atoms with van der Waals surface area (Å²) in [5.74, 6) is 0.0189. The third-order valence-corrected chi connectivity index (χ3v) is 7.98. The maximum atomic E-state index is 13.4. The molecule has 0 aliphatic carbocycles. The van der Waals surface area contributed by atoms with Crippen LogP contribution in [0.25, 0.3) is 10.2 Å². The van der Waals surface area contributed by atoms with Gasteiger partial charge in [-0.05, 0) is 37.5 Å². The number of hydrogen-bond donors (Lipinski definition) is 0. The molecule has 174 valence electrons. The maximum Gasteiger partial charge on any atom is 0.264 e. The van der Waals surface area contributed by atoms with Crippen molar-refractivity contribution in [3.05, 3.63) is 51.5 Å². The minimum atomic E-state index is -0.132. The van der Waals surface area contributed by atoms with E-state index in [2.05, 4.69) is 5.10 Å². The molecule has 2 fully saturated rings. The number of fused-ring (bicyclic) bond motifs is 1. The molecule has 33 heavy (non-hydrogen) atoms. The average molecular weight is 487 g/mol. The van der Waals surface area contributed by atoms with Crippen LogP contribution in [0.1, 0.15) is 33.8 Å². The van der Waals surface area contributed by atoms with Gasteiger partial charge in [-0.3, -0.25) is 14.3 Å². The first kappa shape index (κ1) is 22.4. The van der Waals surface area contributed by atoms with Crippen LogP contribution in [0.5, 0.6) is 0 Å². The van der Waals surface area contributed by atoms with Gasteiger partial charge in [0.1, 0.15) is 4.83 Å². The smallest absolute Gasteiger partial charge is 0.264 e. The predicted octanol–water partition coefficient (Wildman–Crippen LogP) is 3.82. The Kier molecular flexibility index (Phi) is 6.40. The number of piperidine rings is 1. The number of halogens is 1. The molecule has 2 amide bonds. The first-order valence-corrected chi connectivity index (χ1v) is 12.6. The standard InChI is InChI=1S/C24H27ClN4O3S/c1-16-19-13-21(33-24(19)29(26-16)15-17-5-2-3-7-20(17)25)23(31)28-8-4-6-18(14-28)22(30)27-9-11-32-12-10-27/h2-3,5,7,13,18H,4,6,8-12,14-15H2,1H3/t18-/m0/s1. The molecule has 3 aromatic rings. The van der Waals surface area contributed by atoms with Crippen molar-refractivity contribution in [1.82, 2.24) is 19.6 Å². The molecule has 0 N–H and O–H groups in total. The highest BCUT2D eigenvalue weighted by Crippen LogP contribution is 2.31. The fourth-order valence-electron chi connectivity index (χ4n) is 4.67. The zero-order valence-electron chi connectivity index (χ0n) is 18.6. The van der Waals surface area contributed by atoms with Gasteiger partial charge in [-0.2, -0.15) is 5.10 Å². The Hall–Kier alpha value is -2.42. The van der Waals surface area contributed by atoms with E-state index in [0.29, 0.717) is 55.8 Å². The van der Waals surface area contributed by atoms with E-state index in [0.717, 1.165) is 34.3 Å². The molecule has 4 heterocycles. The Bertz CT molecular complexity index is 1180. The molecular formula is C24H27ClN4O3S. The molecule has 2 aliphatic heterocycles. The van der Waals surface area contributed by atoms with Gasteiger partial charge in [0.25, 0.3) is 5.91 Å². The van der Waals surface area contributed by atoms with Crippen molar-refractivity contribution in [2.24, 2.45) is 5.92 Å². The highest BCUT2D eigenvalue weighted by Gasteiger charge is 2.33. The Morgan fingerprint density at radius 1 is 1.18 bits per heavy atom. The molecular weight excluding hydrogens is 460 g/mol. The summed E-state index contributed by atoms with van der Waals surface area (Å²) in [4.78, 5) is 31.7. The van der Waals surface area contributed by atoms with Crippen molar-refractivity contribution in [1.29, 1.82) is 0 Å². The van der Waals surface area contributed by atoms with Crippen LogP contribution in [-0.2, 0) is 16.1 Å². The lowest BCUT2D eigenvalue weighted by atomic mass is 9.96. The molecule has 7 nitrogen and oxygen atoms in total. The number of rotatable bonds is 4. The number of aromatic nitrogens is 2. The van der Waals surface area contributed by atoms with E-state index < -0.39 is 0 Å². The summed E-state index contributed by atoms with van der Waals surface area (Å²) in [5, 5.41) is 6.37. The van der Waals surface area contributed by atoms with E-state index >= 15 is 0 Å². The number of aryl methyl sites for hydroxylation is 1. The number of morpholine rings is 1. The van der Waals surface area contributed by atoms with Crippen molar-refractivity contribution >= 4 is 45.0 Å². The minimum Gasteiger partial charge on any atom is -0.378 e. The van der Waals surface area contributed by atoms with Crippen LogP contribution >= 0.6 is 22.9 Å². The van der Waals surface area contributed by atoms with Crippen molar-refractivity contribution in [2.75, 3.05) is 39.4 Å². The van der Waals surface area contributed by atoms with Gasteiger partial charge in [0, 0.05) is 36.6 Å². The first-order valence-electron chi connectivity index (χ1n) is 11.4. The molecule has 2 aliphatic rings. The van der Waals surface area contributed by atoms with Crippen LogP contribution in [0.2, 0.25) is 5.02 Å². The fourth-order valence-corrected chi connectivity index (χ4v) is 6.00. The van der Waals surface area contributed by atoms with Gasteiger partial charge in [-0.1, -0.05) is 29.8 Å². The number of likely N-dealkylation sites (tertiary alicyclic amines) is 1. The van der Waals surface area contributed by atoms with E-state index in [-0.39, 0.29) is 17.7 Å². The SMILES string of the molecule is Cc1nn(Cc2ccccc2Cl)c2sc(C(=O)N3CCC[C@H](C(=O)N4CCOCC4)C3)cc12. The van der Waals surface area contributed by atoms with Gasteiger partial charge in [0.15, 0.2) is 0 Å². The van der Waals surface area contributed by atoms with Crippen LogP contribution in [0.4, 0.5) is 0 Å². The van der Waals surface area contributed by atoms with Crippen molar-refractivity contribution < 1.29 is 14.3 Å². The zero-order valence-corrected chi connectivity index (χ0v) is 20.2. The maximum absolute atomic E-state index is 13.4. The number of hydrogen-bond acceptors (Lipinski definition) is 5. The summed E-state index contributed by atoms with van der Waals surface area (Å²) < 4.78 is 7.29. The molecule has 2 saturated heterocycles. The predicted molar refractivity (Wildman–Crippen MR) is 129 cm³/mol. The number of carbonyl (C=O) groups excluding carboxylic acids is 2. The van der Waals surface area contributed by atoms with Crippen molar-refractivity contribution in [2.45, 2.75) is 26.3 Å². The Morgan fingerprint density at radius 3 is 2.76 bits per heavy atom. The molecule has 0 saturated carbocycles. The van der Waals surface area contributed by atoms with Crippen molar-refractivity contribution in [3.63, 3.8) is 0 Å². The van der Waals surface area contributed by atoms with Crippen LogP contribution in [0.3, 0.4) is 0 Å². The Labute approximate surface area is 201 Å². The molecule has 0 radical (unpaired) electrons. The molecule has 1 atom stereocenters. The van der Waals surface area contributed by atoms with Gasteiger partial charge in [0.05, 0.1) is 36.2 Å². The Morgan fingerprint density at radius 2 is 1.97 bits per heavy atom. The summed E-state index contributed by atoms with van der Waals surface area (Å²) in [6, 6.07) is 9.68. The number of amides is 2. The number of carbonyl (C=O) groups is 2. The normalized spacial score (nSPS) is 19.3. The number of ether oxygens (including phenoxy) is 1. The van der Waals surface area contributed by atoms with Crippen LogP contribution in [0, 0.1) is 12.8 Å². The molecule has 5 rings (SSSR count). The number of benzene rings is 1. The Balaban J connectivity index is 1.34. The highest BCUT2D eigenvalue weighted by molar-refractivity contribution is 7.20. The lowest BCUT2D eigenvalue weighted by Crippen LogP contribution is -2.49. The molecule has 0 spiro atoms. The topological polar surface area (TPSA) is 67.7 Å². The quantitative estimate of drug-likeness (QED) is 0.562. The molecule has 0 unspecified atom stereocenters. The zero-order chi connectivity index (χ0) is 22.9. The summed E-state index contributed by atoms with van der Waals surface area (Å²) in [6.07, 6.45) is 1.68. The van der Waals surface area contributed by atoms with Gasteiger partial charge >= 0.3 is 0 Å².